The SMILES string of the molecule is CCOc1ccc2cc([S+](c3ccc(Sc4ccccc4)cc3)c3ccc(Sc4ccccc4)cc3)c(=O)oc2c1.COc1ccc2cc([S+](c3ccc([N+](=O)[O-])cc3)c3ccc([N+](=O)[O-])cc3)c(=O)oc2c1.Cc1ccc(S(=O)(=O)[O-])cc1.O=S(=O)([O-])C(F)(F)F.O=S(=O)([O-])C1CC2CCC1C2.O=c1oc2cc(OCCCc3ccccc3)ccc2cc1[S+](c1ccc(Cl)cc1)c1ccc(Cl)cc1. The normalized spacial score (nSPS) is 13.8. The van der Waals surface area contributed by atoms with E-state index in [1.807, 2.05) is 153 Å². The monoisotopic (exact) mass is 2070 g/mol. The Morgan fingerprint density at radius 2 is 0.784 bits per heavy atom. The van der Waals surface area contributed by atoms with Crippen LogP contribution in [0.2, 0.25) is 10.0 Å². The summed E-state index contributed by atoms with van der Waals surface area (Å²) in [4.78, 5) is 72.1. The summed E-state index contributed by atoms with van der Waals surface area (Å²) in [5.41, 5.74) is -3.51. The number of ether oxygens (including phenoxy) is 3. The number of hydrogen-bond acceptors (Lipinski definition) is 24. The zero-order valence-electron chi connectivity index (χ0n) is 73.7. The number of halogens is 5. The average molecular weight is 2070 g/mol. The van der Waals surface area contributed by atoms with Crippen LogP contribution < -0.4 is 31.1 Å². The first-order chi connectivity index (χ1) is 66.4. The van der Waals surface area contributed by atoms with Crippen molar-refractivity contribution < 1.29 is 89.4 Å². The van der Waals surface area contributed by atoms with Crippen molar-refractivity contribution in [1.82, 2.24) is 0 Å². The van der Waals surface area contributed by atoms with Gasteiger partial charge in [-0.2, -0.15) is 13.2 Å². The highest BCUT2D eigenvalue weighted by Crippen LogP contribution is 2.47. The molecule has 0 radical (unpaired) electrons. The number of nitrogens with zero attached hydrogens (tertiary/aromatic N) is 2. The number of aryl methyl sites for hydroxylation is 2. The van der Waals surface area contributed by atoms with E-state index in [2.05, 4.69) is 84.9 Å². The van der Waals surface area contributed by atoms with Crippen LogP contribution in [0.4, 0.5) is 24.5 Å². The molecule has 3 heterocycles. The molecular weight excluding hydrogens is 1990 g/mol. The summed E-state index contributed by atoms with van der Waals surface area (Å²) < 4.78 is 156. The third-order valence-electron chi connectivity index (χ3n) is 21.3. The van der Waals surface area contributed by atoms with Crippen molar-refractivity contribution in [1.29, 1.82) is 0 Å². The molecule has 3 atom stereocenters. The Morgan fingerprint density at radius 1 is 0.439 bits per heavy atom. The molecule has 37 heteroatoms. The topological polar surface area (TPSA) is 376 Å². The molecule has 0 aliphatic heterocycles. The van der Waals surface area contributed by atoms with E-state index in [-0.39, 0.29) is 33.4 Å². The largest absolute Gasteiger partial charge is 0.748 e. The van der Waals surface area contributed by atoms with Gasteiger partial charge in [0.15, 0.2) is 39.5 Å². The number of nitro benzene ring substituents is 2. The van der Waals surface area contributed by atoms with E-state index in [4.69, 9.17) is 63.6 Å². The van der Waals surface area contributed by atoms with Gasteiger partial charge in [-0.3, -0.25) is 20.2 Å². The lowest BCUT2D eigenvalue weighted by atomic mass is 10.0. The zero-order chi connectivity index (χ0) is 99.3. The molecule has 24 nitrogen and oxygen atoms in total. The van der Waals surface area contributed by atoms with Gasteiger partial charge in [0.25, 0.3) is 26.1 Å². The van der Waals surface area contributed by atoms with Crippen molar-refractivity contribution in [3.05, 3.63) is 406 Å². The van der Waals surface area contributed by atoms with Crippen LogP contribution >= 0.6 is 46.7 Å². The molecule has 2 fully saturated rings. The quantitative estimate of drug-likeness (QED) is 0.00975. The highest BCUT2D eigenvalue weighted by Gasteiger charge is 2.43. The second-order valence-electron chi connectivity index (χ2n) is 30.8. The van der Waals surface area contributed by atoms with Crippen molar-refractivity contribution in [2.75, 3.05) is 20.3 Å². The number of hydrogen-bond donors (Lipinski definition) is 0. The second kappa shape index (κ2) is 47.5. The molecule has 16 aromatic rings. The van der Waals surface area contributed by atoms with E-state index < -0.39 is 89.3 Å². The number of methoxy groups -OCH3 is 1. The Kier molecular flexibility index (Phi) is 35.5. The Bertz CT molecular complexity index is 7340. The molecule has 0 N–H and O–H groups in total. The first-order valence-corrected chi connectivity index (χ1v) is 52.7. The molecule has 2 aliphatic rings. The summed E-state index contributed by atoms with van der Waals surface area (Å²) >= 11 is 15.7. The standard InChI is InChI=1S/C35H27O3S3.C30H23Cl2O3S.C22H15N2O7S.C7H12O3S.C7H8O3S.CHF3O3S/c1-2-37-26-14-13-25-23-34(35(36)38-33(25)24-26)41(31-19-15-29(16-20-31)39-27-9-5-3-6-10-27)32-21-17-30(18-22-32)40-28-11-7-4-8-12-28;31-23-9-14-26(15-10-23)36(27-16-11-24(32)12-17-27)29-19-22-8-13-25(20-28(22)35-30(29)33)34-18-4-7-21-5-2-1-3-6-21;1-30-17-7-2-14-12-21(22(25)31-20(14)13-17)32(18-8-3-15(4-9-18)23(26)27)19-10-5-16(6-11-19)24(28)29;8-11(9,10)7-4-5-1-2-6(7)3-5;1-6-2-4-7(5-3-6)11(8,9)10;2-1(3,4)8(5,6)7/h3-24H,2H2,1H3;1-3,5-6,8-17,19-20H,4,7,18H2;2-13H,1H3;5-7H,1-4H2,(H,8,9,10);2-5H,1H3,(H,8,9,10);(H,5,6,7)/q3*+1;;;/p-3. The minimum Gasteiger partial charge on any atom is -0.748 e. The highest BCUT2D eigenvalue weighted by atomic mass is 35.5. The summed E-state index contributed by atoms with van der Waals surface area (Å²) in [5, 5.41) is 25.2. The summed E-state index contributed by atoms with van der Waals surface area (Å²) in [6.07, 6.45) is 5.55. The number of nitro groups is 2. The molecule has 139 heavy (non-hydrogen) atoms. The average Bonchev–Trinajstić information content (AvgIpc) is 1.63. The van der Waals surface area contributed by atoms with Gasteiger partial charge < -0.3 is 41.1 Å². The predicted octanol–water partition coefficient (Wildman–Crippen LogP) is 24.2. The smallest absolute Gasteiger partial charge is 0.485 e. The van der Waals surface area contributed by atoms with Gasteiger partial charge >= 0.3 is 22.4 Å². The molecule has 2 saturated carbocycles. The van der Waals surface area contributed by atoms with E-state index >= 15 is 0 Å². The van der Waals surface area contributed by atoms with Crippen molar-refractivity contribution in [3.8, 4) is 17.2 Å². The lowest BCUT2D eigenvalue weighted by molar-refractivity contribution is -0.385. The molecule has 2 aliphatic carbocycles. The van der Waals surface area contributed by atoms with Crippen molar-refractivity contribution in [3.63, 3.8) is 0 Å². The van der Waals surface area contributed by atoms with Gasteiger partial charge in [0.2, 0.25) is 0 Å². The molecule has 0 saturated heterocycles. The third-order valence-corrected chi connectivity index (χ3v) is 33.2. The molecule has 3 aromatic heterocycles. The summed E-state index contributed by atoms with van der Waals surface area (Å²) in [5.74, 6) is 2.64. The van der Waals surface area contributed by atoms with Crippen LogP contribution in [0.5, 0.6) is 17.2 Å². The Labute approximate surface area is 824 Å². The molecule has 2 bridgehead atoms. The van der Waals surface area contributed by atoms with E-state index in [0.29, 0.717) is 99.5 Å². The van der Waals surface area contributed by atoms with Crippen LogP contribution in [0.25, 0.3) is 32.9 Å². The minimum absolute atomic E-state index is 0.0846. The minimum atomic E-state index is -6.09. The van der Waals surface area contributed by atoms with Crippen LogP contribution in [-0.4, -0.2) is 79.8 Å². The molecular formula is C102H83Cl2F3N2O22S8. The van der Waals surface area contributed by atoms with Gasteiger partial charge in [-0.15, -0.1) is 0 Å². The number of benzene rings is 13. The van der Waals surface area contributed by atoms with Crippen molar-refractivity contribution in [2.45, 2.75) is 132 Å². The van der Waals surface area contributed by atoms with Crippen LogP contribution in [0.3, 0.4) is 0 Å². The van der Waals surface area contributed by atoms with Gasteiger partial charge in [-0.05, 0) is 233 Å². The molecule has 716 valence electrons. The van der Waals surface area contributed by atoms with Gasteiger partial charge in [-0.25, -0.2) is 39.6 Å². The van der Waals surface area contributed by atoms with E-state index in [9.17, 15) is 73.7 Å². The number of alkyl halides is 3. The lowest BCUT2D eigenvalue weighted by Crippen LogP contribution is -2.26. The van der Waals surface area contributed by atoms with Gasteiger partial charge in [-0.1, -0.05) is 138 Å². The fraction of sp³-hybridized carbons (Fsp3) is 0.147. The van der Waals surface area contributed by atoms with Gasteiger partial charge in [0, 0.05) is 131 Å². The maximum atomic E-state index is 13.5. The van der Waals surface area contributed by atoms with E-state index in [1.54, 1.807) is 96.3 Å². The number of non-ortho nitro benzene ring substituents is 2. The van der Waals surface area contributed by atoms with E-state index in [0.717, 1.165) is 77.8 Å². The number of fused-ring (bicyclic) bond motifs is 5. The van der Waals surface area contributed by atoms with Crippen LogP contribution in [0.1, 0.15) is 50.2 Å². The first kappa shape index (κ1) is 104. The fourth-order valence-corrected chi connectivity index (χ4v) is 24.5. The molecule has 3 unspecified atom stereocenters. The summed E-state index contributed by atoms with van der Waals surface area (Å²) in [6, 6.07) is 103. The van der Waals surface area contributed by atoms with Crippen LogP contribution in [-0.2, 0) is 69.5 Å². The molecule has 0 amide bonds. The van der Waals surface area contributed by atoms with Crippen molar-refractivity contribution in [2.24, 2.45) is 11.8 Å². The van der Waals surface area contributed by atoms with Crippen LogP contribution in [0.15, 0.2) is 430 Å². The van der Waals surface area contributed by atoms with Crippen LogP contribution in [0, 0.1) is 39.0 Å². The molecule has 13 aromatic carbocycles. The maximum absolute atomic E-state index is 13.5. The third kappa shape index (κ3) is 28.7. The Balaban J connectivity index is 0.000000153. The van der Waals surface area contributed by atoms with Gasteiger partial charge in [0.1, 0.15) is 76.8 Å². The summed E-state index contributed by atoms with van der Waals surface area (Å²) in [6.45, 7) is 4.89. The van der Waals surface area contributed by atoms with Gasteiger partial charge in [0.05, 0.1) is 50.4 Å². The second-order valence-corrected chi connectivity index (χ2v) is 44.3. The lowest BCUT2D eigenvalue weighted by Gasteiger charge is -2.24. The Morgan fingerprint density at radius 3 is 1.11 bits per heavy atom. The molecule has 0 spiro atoms. The van der Waals surface area contributed by atoms with E-state index in [1.165, 1.54) is 58.9 Å². The fourth-order valence-electron chi connectivity index (χ4n) is 14.7. The Hall–Kier alpha value is -12.5. The number of rotatable bonds is 25. The first-order valence-electron chi connectivity index (χ1n) is 42.4. The van der Waals surface area contributed by atoms with Crippen molar-refractivity contribution >= 4 is 154 Å². The zero-order valence-corrected chi connectivity index (χ0v) is 81.7. The maximum Gasteiger partial charge on any atom is 0.485 e. The highest BCUT2D eigenvalue weighted by molar-refractivity contribution is 8.00. The predicted molar refractivity (Wildman–Crippen MR) is 529 cm³/mol. The summed E-state index contributed by atoms with van der Waals surface area (Å²) in [7, 11) is -15.2. The molecule has 18 rings (SSSR count).